The molecule has 3 heteroatoms. The van der Waals surface area contributed by atoms with Crippen molar-refractivity contribution in [2.75, 3.05) is 5.33 Å². The minimum absolute atomic E-state index is 0.138. The molecule has 0 aromatic rings. The minimum atomic E-state index is -0.138. The fourth-order valence-corrected chi connectivity index (χ4v) is 5.28. The van der Waals surface area contributed by atoms with Gasteiger partial charge in [0.15, 0.2) is 0 Å². The molecule has 2 rings (SSSR count). The van der Waals surface area contributed by atoms with Gasteiger partial charge in [-0.15, -0.1) is 0 Å². The monoisotopic (exact) mass is 308 g/mol. The van der Waals surface area contributed by atoms with Crippen LogP contribution in [0.2, 0.25) is 0 Å². The fourth-order valence-electron chi connectivity index (χ4n) is 3.01. The summed E-state index contributed by atoms with van der Waals surface area (Å²) in [6.45, 7) is 4.38. The molecule has 0 N–H and O–H groups in total. The quantitative estimate of drug-likeness (QED) is 0.680. The average Bonchev–Trinajstić information content (AvgIpc) is 2.38. The van der Waals surface area contributed by atoms with Crippen molar-refractivity contribution in [1.82, 2.24) is 0 Å². The van der Waals surface area contributed by atoms with Crippen molar-refractivity contribution in [1.29, 1.82) is 0 Å². The lowest BCUT2D eigenvalue weighted by atomic mass is 9.70. The highest BCUT2D eigenvalue weighted by atomic mass is 79.9. The van der Waals surface area contributed by atoms with Gasteiger partial charge in [0.2, 0.25) is 0 Å². The highest BCUT2D eigenvalue weighted by Crippen LogP contribution is 2.66. The first-order valence-corrected chi connectivity index (χ1v) is 6.74. The van der Waals surface area contributed by atoms with Crippen LogP contribution in [0.15, 0.2) is 0 Å². The molecule has 0 saturated heterocycles. The predicted molar refractivity (Wildman–Crippen MR) is 60.5 cm³/mol. The Labute approximate surface area is 95.9 Å². The maximum atomic E-state index is 11.9. The van der Waals surface area contributed by atoms with E-state index >= 15 is 0 Å². The van der Waals surface area contributed by atoms with Crippen molar-refractivity contribution in [2.24, 2.45) is 16.7 Å². The Bertz CT molecular complexity index is 266. The van der Waals surface area contributed by atoms with Crippen molar-refractivity contribution in [3.05, 3.63) is 0 Å². The minimum Gasteiger partial charge on any atom is -0.299 e. The SMILES string of the molecule is C[C@]12C(=O)C[C@H](C[C@@H]1Br)[C@@]2(C)CBr. The number of halogens is 2. The Morgan fingerprint density at radius 1 is 1.54 bits per heavy atom. The molecule has 0 amide bonds. The standard InChI is InChI=1S/C10H14Br2O/c1-9(5-11)6-3-7(12)10(9,2)8(13)4-6/h6-7H,3-5H2,1-2H3/t6-,7-,9+,10+/m0/s1. The zero-order chi connectivity index (χ0) is 9.85. The van der Waals surface area contributed by atoms with Gasteiger partial charge in [0.05, 0.1) is 0 Å². The molecule has 1 nitrogen and oxygen atoms in total. The van der Waals surface area contributed by atoms with E-state index in [4.69, 9.17) is 0 Å². The van der Waals surface area contributed by atoms with Gasteiger partial charge < -0.3 is 0 Å². The summed E-state index contributed by atoms with van der Waals surface area (Å²) in [5.74, 6) is 1.03. The molecule has 0 spiro atoms. The van der Waals surface area contributed by atoms with Gasteiger partial charge in [-0.25, -0.2) is 0 Å². The number of hydrogen-bond donors (Lipinski definition) is 0. The Hall–Kier alpha value is 0.630. The second-order valence-corrected chi connectivity index (χ2v) is 6.45. The van der Waals surface area contributed by atoms with E-state index in [1.165, 1.54) is 0 Å². The summed E-state index contributed by atoms with van der Waals surface area (Å²) in [7, 11) is 0. The van der Waals surface area contributed by atoms with Gasteiger partial charge in [-0.05, 0) is 17.8 Å². The molecule has 2 aliphatic carbocycles. The summed E-state index contributed by atoms with van der Waals surface area (Å²) in [6, 6.07) is 0. The summed E-state index contributed by atoms with van der Waals surface area (Å²) >= 11 is 7.24. The van der Waals surface area contributed by atoms with Gasteiger partial charge in [0.1, 0.15) is 5.78 Å². The number of fused-ring (bicyclic) bond motifs is 2. The van der Waals surface area contributed by atoms with Crippen LogP contribution in [0.25, 0.3) is 0 Å². The molecule has 13 heavy (non-hydrogen) atoms. The molecule has 0 aliphatic heterocycles. The van der Waals surface area contributed by atoms with Crippen LogP contribution >= 0.6 is 31.9 Å². The summed E-state index contributed by atoms with van der Waals surface area (Å²) in [5.41, 5.74) is 0.0272. The number of Topliss-reactive ketones (excluding diaryl/α,β-unsaturated/α-hetero) is 1. The van der Waals surface area contributed by atoms with Crippen LogP contribution in [-0.4, -0.2) is 15.9 Å². The first-order valence-electron chi connectivity index (χ1n) is 4.70. The molecule has 0 aromatic heterocycles. The van der Waals surface area contributed by atoms with E-state index in [-0.39, 0.29) is 10.8 Å². The van der Waals surface area contributed by atoms with Crippen molar-refractivity contribution in [3.63, 3.8) is 0 Å². The number of hydrogen-bond acceptors (Lipinski definition) is 1. The molecule has 2 bridgehead atoms. The van der Waals surface area contributed by atoms with Crippen molar-refractivity contribution < 1.29 is 4.79 Å². The van der Waals surface area contributed by atoms with E-state index in [0.29, 0.717) is 16.5 Å². The zero-order valence-electron chi connectivity index (χ0n) is 7.94. The van der Waals surface area contributed by atoms with Crippen LogP contribution in [0.3, 0.4) is 0 Å². The maximum absolute atomic E-state index is 11.9. The van der Waals surface area contributed by atoms with E-state index < -0.39 is 0 Å². The number of carbonyl (C=O) groups excluding carboxylic acids is 1. The Balaban J connectivity index is 2.49. The lowest BCUT2D eigenvalue weighted by Gasteiger charge is -2.36. The first-order chi connectivity index (χ1) is 5.96. The Kier molecular flexibility index (Phi) is 2.20. The van der Waals surface area contributed by atoms with E-state index in [1.54, 1.807) is 0 Å². The predicted octanol–water partition coefficient (Wildman–Crippen LogP) is 3.15. The Morgan fingerprint density at radius 2 is 2.15 bits per heavy atom. The van der Waals surface area contributed by atoms with Gasteiger partial charge in [0.25, 0.3) is 0 Å². The van der Waals surface area contributed by atoms with E-state index in [1.807, 2.05) is 0 Å². The highest BCUT2D eigenvalue weighted by Gasteiger charge is 2.67. The molecule has 0 aromatic carbocycles. The topological polar surface area (TPSA) is 17.1 Å². The van der Waals surface area contributed by atoms with Gasteiger partial charge in [-0.2, -0.15) is 0 Å². The smallest absolute Gasteiger partial charge is 0.140 e. The largest absolute Gasteiger partial charge is 0.299 e. The van der Waals surface area contributed by atoms with Crippen LogP contribution in [-0.2, 0) is 4.79 Å². The van der Waals surface area contributed by atoms with E-state index in [9.17, 15) is 4.79 Å². The molecule has 0 radical (unpaired) electrons. The maximum Gasteiger partial charge on any atom is 0.140 e. The molecule has 2 saturated carbocycles. The van der Waals surface area contributed by atoms with Crippen LogP contribution in [0.5, 0.6) is 0 Å². The van der Waals surface area contributed by atoms with Gasteiger partial charge in [-0.1, -0.05) is 45.7 Å². The molecule has 4 atom stereocenters. The molecular weight excluding hydrogens is 296 g/mol. The lowest BCUT2D eigenvalue weighted by Crippen LogP contribution is -2.41. The number of alkyl halides is 2. The number of rotatable bonds is 1. The summed E-state index contributed by atoms with van der Waals surface area (Å²) in [4.78, 5) is 12.3. The van der Waals surface area contributed by atoms with Crippen LogP contribution in [0.1, 0.15) is 26.7 Å². The van der Waals surface area contributed by atoms with Gasteiger partial charge in [0, 0.05) is 22.0 Å². The lowest BCUT2D eigenvalue weighted by molar-refractivity contribution is -0.127. The molecular formula is C10H14Br2O. The summed E-state index contributed by atoms with van der Waals surface area (Å²) in [6.07, 6.45) is 1.95. The Morgan fingerprint density at radius 3 is 2.46 bits per heavy atom. The highest BCUT2D eigenvalue weighted by molar-refractivity contribution is 9.09. The molecule has 2 fully saturated rings. The van der Waals surface area contributed by atoms with Gasteiger partial charge in [-0.3, -0.25) is 4.79 Å². The van der Waals surface area contributed by atoms with Crippen molar-refractivity contribution in [3.8, 4) is 0 Å². The molecule has 0 unspecified atom stereocenters. The molecule has 0 heterocycles. The van der Waals surface area contributed by atoms with E-state index in [2.05, 4.69) is 45.7 Å². The summed E-state index contributed by atoms with van der Waals surface area (Å²) in [5, 5.41) is 0.939. The second-order valence-electron chi connectivity index (χ2n) is 4.78. The van der Waals surface area contributed by atoms with Crippen LogP contribution < -0.4 is 0 Å². The second kappa shape index (κ2) is 2.82. The number of carbonyl (C=O) groups is 1. The van der Waals surface area contributed by atoms with E-state index in [0.717, 1.165) is 18.2 Å². The third kappa shape index (κ3) is 0.956. The van der Waals surface area contributed by atoms with Gasteiger partial charge >= 0.3 is 0 Å². The third-order valence-electron chi connectivity index (χ3n) is 4.49. The third-order valence-corrected chi connectivity index (χ3v) is 6.95. The summed E-state index contributed by atoms with van der Waals surface area (Å²) < 4.78 is 0. The number of ketones is 1. The molecule has 74 valence electrons. The van der Waals surface area contributed by atoms with Crippen LogP contribution in [0, 0.1) is 16.7 Å². The van der Waals surface area contributed by atoms with Crippen LogP contribution in [0.4, 0.5) is 0 Å². The fraction of sp³-hybridized carbons (Fsp3) is 0.900. The normalized spacial score (nSPS) is 54.6. The zero-order valence-corrected chi connectivity index (χ0v) is 11.1. The first kappa shape index (κ1) is 10.2. The molecule has 2 aliphatic rings. The van der Waals surface area contributed by atoms with Crippen molar-refractivity contribution in [2.45, 2.75) is 31.5 Å². The average molecular weight is 310 g/mol. The van der Waals surface area contributed by atoms with Crippen molar-refractivity contribution >= 4 is 37.6 Å².